The van der Waals surface area contributed by atoms with Crippen LogP contribution in [0.25, 0.3) is 0 Å². The maximum Gasteiger partial charge on any atom is 0.312 e. The molecule has 0 bridgehead atoms. The van der Waals surface area contributed by atoms with E-state index in [9.17, 15) is 14.4 Å². The molecule has 3 aliphatic rings. The summed E-state index contributed by atoms with van der Waals surface area (Å²) in [4.78, 5) is 39.3. The van der Waals surface area contributed by atoms with E-state index in [1.54, 1.807) is 9.80 Å². The van der Waals surface area contributed by atoms with Crippen LogP contribution in [0.2, 0.25) is 0 Å². The number of nitrogens with one attached hydrogen (secondary N) is 2. The number of piperazine rings is 1. The Bertz CT molecular complexity index is 448. The van der Waals surface area contributed by atoms with E-state index >= 15 is 0 Å². The number of amides is 3. The van der Waals surface area contributed by atoms with Crippen LogP contribution >= 0.6 is 0 Å². The molecule has 0 aromatic carbocycles. The first-order valence-electron chi connectivity index (χ1n) is 7.73. The van der Waals surface area contributed by atoms with Crippen LogP contribution in [0.15, 0.2) is 0 Å². The van der Waals surface area contributed by atoms with E-state index in [4.69, 9.17) is 0 Å². The molecule has 3 fully saturated rings. The number of likely N-dealkylation sites (tertiary alicyclic amines) is 1. The Morgan fingerprint density at radius 1 is 1.00 bits per heavy atom. The molecular formula is C14H22N4O3. The molecule has 21 heavy (non-hydrogen) atoms. The van der Waals surface area contributed by atoms with Crippen molar-refractivity contribution in [2.24, 2.45) is 5.92 Å². The summed E-state index contributed by atoms with van der Waals surface area (Å²) in [6, 6.07) is 0.171. The highest BCUT2D eigenvalue weighted by molar-refractivity contribution is 6.34. The lowest BCUT2D eigenvalue weighted by atomic mass is 9.85. The van der Waals surface area contributed by atoms with Crippen molar-refractivity contribution in [2.75, 3.05) is 39.3 Å². The monoisotopic (exact) mass is 294 g/mol. The molecule has 3 saturated heterocycles. The molecule has 2 atom stereocenters. The van der Waals surface area contributed by atoms with Crippen LogP contribution in [0.5, 0.6) is 0 Å². The molecule has 0 saturated carbocycles. The molecule has 0 aromatic rings. The van der Waals surface area contributed by atoms with Crippen molar-refractivity contribution in [1.82, 2.24) is 20.4 Å². The van der Waals surface area contributed by atoms with Gasteiger partial charge in [-0.1, -0.05) is 0 Å². The molecule has 0 spiro atoms. The Labute approximate surface area is 124 Å². The fraction of sp³-hybridized carbons (Fsp3) is 0.786. The third kappa shape index (κ3) is 3.02. The third-order valence-electron chi connectivity index (χ3n) is 4.70. The fourth-order valence-electron chi connectivity index (χ4n) is 3.43. The van der Waals surface area contributed by atoms with Crippen LogP contribution in [0.1, 0.15) is 19.3 Å². The molecular weight excluding hydrogens is 272 g/mol. The predicted molar refractivity (Wildman–Crippen MR) is 75.3 cm³/mol. The van der Waals surface area contributed by atoms with Crippen molar-refractivity contribution in [3.05, 3.63) is 0 Å². The van der Waals surface area contributed by atoms with Gasteiger partial charge in [0.05, 0.1) is 0 Å². The molecule has 0 radical (unpaired) electrons. The average molecular weight is 294 g/mol. The van der Waals surface area contributed by atoms with Crippen molar-refractivity contribution in [3.63, 3.8) is 0 Å². The van der Waals surface area contributed by atoms with Crippen LogP contribution in [0.4, 0.5) is 0 Å². The summed E-state index contributed by atoms with van der Waals surface area (Å²) >= 11 is 0. The first-order chi connectivity index (χ1) is 10.1. The van der Waals surface area contributed by atoms with Gasteiger partial charge >= 0.3 is 11.8 Å². The maximum absolute atomic E-state index is 12.4. The second kappa shape index (κ2) is 6.01. The lowest BCUT2D eigenvalue weighted by molar-refractivity contribution is -0.153. The Hall–Kier alpha value is -1.63. The lowest BCUT2D eigenvalue weighted by Gasteiger charge is -2.41. The smallest absolute Gasteiger partial charge is 0.312 e. The zero-order valence-electron chi connectivity index (χ0n) is 12.1. The van der Waals surface area contributed by atoms with E-state index in [2.05, 4.69) is 10.6 Å². The standard InChI is InChI=1S/C14H22N4O3/c19-12-2-1-10-9-18(6-3-11(10)16-12)14(21)13(20)17-7-4-15-5-8-17/h10-11,15H,1-9H2,(H,16,19). The highest BCUT2D eigenvalue weighted by Crippen LogP contribution is 2.25. The normalized spacial score (nSPS) is 29.6. The highest BCUT2D eigenvalue weighted by Gasteiger charge is 2.37. The van der Waals surface area contributed by atoms with Crippen LogP contribution in [-0.2, 0) is 14.4 Å². The van der Waals surface area contributed by atoms with Gasteiger partial charge in [-0.05, 0) is 18.8 Å². The van der Waals surface area contributed by atoms with Crippen LogP contribution < -0.4 is 10.6 Å². The Kier molecular flexibility index (Phi) is 4.10. The number of piperidine rings is 2. The second-order valence-corrected chi connectivity index (χ2v) is 6.05. The van der Waals surface area contributed by atoms with Crippen molar-refractivity contribution >= 4 is 17.7 Å². The summed E-state index contributed by atoms with van der Waals surface area (Å²) in [7, 11) is 0. The zero-order valence-corrected chi connectivity index (χ0v) is 12.1. The van der Waals surface area contributed by atoms with Gasteiger partial charge in [0, 0.05) is 51.7 Å². The van der Waals surface area contributed by atoms with E-state index in [-0.39, 0.29) is 29.7 Å². The number of hydrogen-bond donors (Lipinski definition) is 2. The predicted octanol–water partition coefficient (Wildman–Crippen LogP) is -1.45. The minimum atomic E-state index is -0.382. The number of carbonyl (C=O) groups is 3. The summed E-state index contributed by atoms with van der Waals surface area (Å²) in [5.74, 6) is -0.369. The largest absolute Gasteiger partial charge is 0.353 e. The molecule has 7 heteroatoms. The molecule has 3 rings (SSSR count). The van der Waals surface area contributed by atoms with Crippen LogP contribution in [0, 0.1) is 5.92 Å². The topological polar surface area (TPSA) is 81.8 Å². The van der Waals surface area contributed by atoms with E-state index in [1.165, 1.54) is 0 Å². The molecule has 7 nitrogen and oxygen atoms in total. The Morgan fingerprint density at radius 3 is 2.48 bits per heavy atom. The molecule has 3 amide bonds. The quantitative estimate of drug-likeness (QED) is 0.535. The van der Waals surface area contributed by atoms with Gasteiger partial charge in [-0.15, -0.1) is 0 Å². The number of rotatable bonds is 0. The minimum absolute atomic E-state index is 0.105. The van der Waals surface area contributed by atoms with Crippen molar-refractivity contribution < 1.29 is 14.4 Å². The van der Waals surface area contributed by atoms with E-state index in [0.717, 1.165) is 25.9 Å². The summed E-state index contributed by atoms with van der Waals surface area (Å²) < 4.78 is 0. The molecule has 0 aromatic heterocycles. The van der Waals surface area contributed by atoms with E-state index in [1.807, 2.05) is 0 Å². The van der Waals surface area contributed by atoms with Crippen LogP contribution in [0.3, 0.4) is 0 Å². The third-order valence-corrected chi connectivity index (χ3v) is 4.70. The molecule has 0 aliphatic carbocycles. The molecule has 116 valence electrons. The van der Waals surface area contributed by atoms with Gasteiger partial charge in [0.25, 0.3) is 0 Å². The minimum Gasteiger partial charge on any atom is -0.353 e. The van der Waals surface area contributed by atoms with Gasteiger partial charge in [-0.2, -0.15) is 0 Å². The number of nitrogens with zero attached hydrogens (tertiary/aromatic N) is 2. The number of hydrogen-bond acceptors (Lipinski definition) is 4. The summed E-state index contributed by atoms with van der Waals surface area (Å²) in [6.45, 7) is 3.83. The number of carbonyl (C=O) groups excluding carboxylic acids is 3. The van der Waals surface area contributed by atoms with Crippen molar-refractivity contribution in [2.45, 2.75) is 25.3 Å². The summed E-state index contributed by atoms with van der Waals surface area (Å²) in [5.41, 5.74) is 0. The first kappa shape index (κ1) is 14.3. The SMILES string of the molecule is O=C1CCC2CN(C(=O)C(=O)N3CCNCC3)CCC2N1. The van der Waals surface area contributed by atoms with E-state index < -0.39 is 0 Å². The molecule has 3 heterocycles. The van der Waals surface area contributed by atoms with E-state index in [0.29, 0.717) is 32.6 Å². The molecule has 2 N–H and O–H groups in total. The van der Waals surface area contributed by atoms with Gasteiger partial charge in [0.2, 0.25) is 5.91 Å². The van der Waals surface area contributed by atoms with Gasteiger partial charge in [-0.25, -0.2) is 0 Å². The Balaban J connectivity index is 1.58. The van der Waals surface area contributed by atoms with Crippen LogP contribution in [-0.4, -0.2) is 72.8 Å². The van der Waals surface area contributed by atoms with Crippen molar-refractivity contribution in [3.8, 4) is 0 Å². The summed E-state index contributed by atoms with van der Waals surface area (Å²) in [5, 5.41) is 6.16. The molecule has 3 aliphatic heterocycles. The Morgan fingerprint density at radius 2 is 1.71 bits per heavy atom. The average Bonchev–Trinajstić information content (AvgIpc) is 2.53. The van der Waals surface area contributed by atoms with Gasteiger partial charge in [-0.3, -0.25) is 14.4 Å². The highest BCUT2D eigenvalue weighted by atomic mass is 16.2. The van der Waals surface area contributed by atoms with Gasteiger partial charge < -0.3 is 20.4 Å². The number of fused-ring (bicyclic) bond motifs is 1. The van der Waals surface area contributed by atoms with Gasteiger partial charge in [0.15, 0.2) is 0 Å². The van der Waals surface area contributed by atoms with Gasteiger partial charge in [0.1, 0.15) is 0 Å². The maximum atomic E-state index is 12.4. The first-order valence-corrected chi connectivity index (χ1v) is 7.73. The second-order valence-electron chi connectivity index (χ2n) is 6.05. The fourth-order valence-corrected chi connectivity index (χ4v) is 3.43. The summed E-state index contributed by atoms with van der Waals surface area (Å²) in [6.07, 6.45) is 2.08. The van der Waals surface area contributed by atoms with Crippen molar-refractivity contribution in [1.29, 1.82) is 0 Å². The zero-order chi connectivity index (χ0) is 14.8. The molecule has 2 unspecified atom stereocenters. The lowest BCUT2D eigenvalue weighted by Crippen LogP contribution is -2.58.